The Morgan fingerprint density at radius 2 is 2.00 bits per heavy atom. The maximum absolute atomic E-state index is 10.5. The molecule has 9 heavy (non-hydrogen) atoms. The minimum absolute atomic E-state index is 0.137. The Labute approximate surface area is 60.4 Å². The molecule has 0 amide bonds. The zero-order valence-corrected chi connectivity index (χ0v) is 6.16. The second kappa shape index (κ2) is 2.70. The van der Waals surface area contributed by atoms with E-state index in [1.54, 1.807) is 0 Å². The molecule has 1 aliphatic carbocycles. The lowest BCUT2D eigenvalue weighted by atomic mass is 9.91. The van der Waals surface area contributed by atoms with Crippen LogP contribution < -0.4 is 0 Å². The lowest BCUT2D eigenvalue weighted by molar-refractivity contribution is -0.114. The van der Waals surface area contributed by atoms with Crippen LogP contribution >= 0.6 is 11.6 Å². The molecular weight excluding hydrogens is 136 g/mol. The molecule has 0 aromatic carbocycles. The molecule has 0 aromatic heterocycles. The van der Waals surface area contributed by atoms with Gasteiger partial charge in [-0.25, -0.2) is 0 Å². The van der Waals surface area contributed by atoms with E-state index in [4.69, 9.17) is 11.6 Å². The monoisotopic (exact) mass is 146 g/mol. The topological polar surface area (TPSA) is 17.1 Å². The summed E-state index contributed by atoms with van der Waals surface area (Å²) in [5, 5.41) is 0. The van der Waals surface area contributed by atoms with Crippen LogP contribution in [0.5, 0.6) is 0 Å². The van der Waals surface area contributed by atoms with Gasteiger partial charge in [-0.2, -0.15) is 0 Å². The molecule has 0 bridgehead atoms. The van der Waals surface area contributed by atoms with Gasteiger partial charge in [-0.05, 0) is 12.8 Å². The number of alkyl halides is 1. The Morgan fingerprint density at radius 1 is 1.44 bits per heavy atom. The van der Waals surface area contributed by atoms with Crippen molar-refractivity contribution in [3.8, 4) is 0 Å². The quantitative estimate of drug-likeness (QED) is 0.430. The van der Waals surface area contributed by atoms with Gasteiger partial charge in [0.1, 0.15) is 6.29 Å². The van der Waals surface area contributed by atoms with Crippen LogP contribution in [0.15, 0.2) is 0 Å². The summed E-state index contributed by atoms with van der Waals surface area (Å²) in [6.45, 7) is 0. The lowest BCUT2D eigenvalue weighted by Gasteiger charge is -2.16. The summed E-state index contributed by atoms with van der Waals surface area (Å²) in [7, 11) is 0. The van der Waals surface area contributed by atoms with Crippen LogP contribution in [0.3, 0.4) is 0 Å². The van der Waals surface area contributed by atoms with Gasteiger partial charge in [-0.15, -0.1) is 11.6 Å². The first-order chi connectivity index (χ1) is 4.33. The van der Waals surface area contributed by atoms with Crippen LogP contribution in [-0.4, -0.2) is 12.2 Å². The van der Waals surface area contributed by atoms with E-state index in [1.165, 1.54) is 12.8 Å². The molecule has 0 spiro atoms. The fraction of sp³-hybridized carbons (Fsp3) is 0.857. The summed E-state index contributed by atoms with van der Waals surface area (Å²) in [5.74, 6) is 0.510. The molecule has 52 valence electrons. The Morgan fingerprint density at radius 3 is 2.22 bits per heavy atom. The molecule has 1 rings (SSSR count). The molecule has 1 nitrogen and oxygen atoms in total. The molecule has 1 fully saturated rings. The number of halogens is 1. The number of hydrogen-bond donors (Lipinski definition) is 0. The van der Waals surface area contributed by atoms with Gasteiger partial charge in [0.15, 0.2) is 0 Å². The largest absolute Gasteiger partial charge is 0.303 e. The third-order valence-electron chi connectivity index (χ3n) is 2.12. The van der Waals surface area contributed by atoms with E-state index in [0.29, 0.717) is 5.88 Å². The Hall–Kier alpha value is -0.0400. The summed E-state index contributed by atoms with van der Waals surface area (Å²) in [6.07, 6.45) is 5.38. The number of carbonyl (C=O) groups excluding carboxylic acids is 1. The van der Waals surface area contributed by atoms with E-state index in [9.17, 15) is 4.79 Å². The molecule has 0 atom stereocenters. The fourth-order valence-electron chi connectivity index (χ4n) is 1.36. The number of rotatable bonds is 2. The van der Waals surface area contributed by atoms with Crippen molar-refractivity contribution >= 4 is 17.9 Å². The molecule has 0 aromatic rings. The van der Waals surface area contributed by atoms with E-state index in [2.05, 4.69) is 0 Å². The molecule has 0 aliphatic heterocycles. The normalized spacial score (nSPS) is 24.1. The first kappa shape index (κ1) is 7.07. The third-order valence-corrected chi connectivity index (χ3v) is 2.65. The van der Waals surface area contributed by atoms with Crippen molar-refractivity contribution in [2.75, 3.05) is 5.88 Å². The van der Waals surface area contributed by atoms with Crippen molar-refractivity contribution in [1.82, 2.24) is 0 Å². The smallest absolute Gasteiger partial charge is 0.127 e. The second-order valence-electron chi connectivity index (χ2n) is 2.82. The van der Waals surface area contributed by atoms with Gasteiger partial charge in [0, 0.05) is 11.3 Å². The van der Waals surface area contributed by atoms with Crippen molar-refractivity contribution in [3.05, 3.63) is 0 Å². The summed E-state index contributed by atoms with van der Waals surface area (Å²) < 4.78 is 0. The van der Waals surface area contributed by atoms with Crippen LogP contribution in [0.2, 0.25) is 0 Å². The molecule has 1 saturated carbocycles. The average molecular weight is 147 g/mol. The lowest BCUT2D eigenvalue weighted by Crippen LogP contribution is -2.19. The predicted molar refractivity (Wildman–Crippen MR) is 37.7 cm³/mol. The molecule has 1 aliphatic rings. The average Bonchev–Trinajstić information content (AvgIpc) is 2.36. The van der Waals surface area contributed by atoms with Crippen molar-refractivity contribution < 1.29 is 4.79 Å². The van der Waals surface area contributed by atoms with Crippen LogP contribution in [0.4, 0.5) is 0 Å². The molecule has 0 unspecified atom stereocenters. The number of hydrogen-bond acceptors (Lipinski definition) is 1. The van der Waals surface area contributed by atoms with E-state index < -0.39 is 0 Å². The zero-order valence-electron chi connectivity index (χ0n) is 5.40. The maximum atomic E-state index is 10.5. The van der Waals surface area contributed by atoms with E-state index in [-0.39, 0.29) is 5.41 Å². The molecule has 0 heterocycles. The van der Waals surface area contributed by atoms with E-state index in [0.717, 1.165) is 19.1 Å². The van der Waals surface area contributed by atoms with Gasteiger partial charge in [0.2, 0.25) is 0 Å². The minimum atomic E-state index is -0.137. The molecule has 0 radical (unpaired) electrons. The SMILES string of the molecule is O=CC1(CCl)CCCC1. The van der Waals surface area contributed by atoms with E-state index >= 15 is 0 Å². The maximum Gasteiger partial charge on any atom is 0.127 e. The molecular formula is C7H11ClO. The highest BCUT2D eigenvalue weighted by Gasteiger charge is 2.32. The van der Waals surface area contributed by atoms with Gasteiger partial charge in [-0.1, -0.05) is 12.8 Å². The van der Waals surface area contributed by atoms with Crippen LogP contribution in [0.1, 0.15) is 25.7 Å². The summed E-state index contributed by atoms with van der Waals surface area (Å²) in [5.41, 5.74) is -0.137. The Kier molecular flexibility index (Phi) is 2.12. The summed E-state index contributed by atoms with van der Waals surface area (Å²) in [4.78, 5) is 10.5. The summed E-state index contributed by atoms with van der Waals surface area (Å²) in [6, 6.07) is 0. The fourth-order valence-corrected chi connectivity index (χ4v) is 1.69. The summed E-state index contributed by atoms with van der Waals surface area (Å²) >= 11 is 5.63. The zero-order chi connectivity index (χ0) is 6.74. The van der Waals surface area contributed by atoms with Crippen molar-refractivity contribution in [2.24, 2.45) is 5.41 Å². The highest BCUT2D eigenvalue weighted by Crippen LogP contribution is 2.36. The van der Waals surface area contributed by atoms with Crippen molar-refractivity contribution in [1.29, 1.82) is 0 Å². The highest BCUT2D eigenvalue weighted by atomic mass is 35.5. The molecule has 2 heteroatoms. The standard InChI is InChI=1S/C7H11ClO/c8-5-7(6-9)3-1-2-4-7/h6H,1-5H2. The van der Waals surface area contributed by atoms with E-state index in [1.807, 2.05) is 0 Å². The first-order valence-corrected chi connectivity index (χ1v) is 3.89. The van der Waals surface area contributed by atoms with Gasteiger partial charge >= 0.3 is 0 Å². The second-order valence-corrected chi connectivity index (χ2v) is 3.09. The van der Waals surface area contributed by atoms with Crippen molar-refractivity contribution in [3.63, 3.8) is 0 Å². The molecule has 0 saturated heterocycles. The van der Waals surface area contributed by atoms with Gasteiger partial charge in [0.25, 0.3) is 0 Å². The van der Waals surface area contributed by atoms with Crippen LogP contribution in [-0.2, 0) is 4.79 Å². The highest BCUT2D eigenvalue weighted by molar-refractivity contribution is 6.19. The third kappa shape index (κ3) is 1.26. The molecule has 0 N–H and O–H groups in total. The Balaban J connectivity index is 2.55. The van der Waals surface area contributed by atoms with Gasteiger partial charge < -0.3 is 4.79 Å². The minimum Gasteiger partial charge on any atom is -0.303 e. The number of carbonyl (C=O) groups is 1. The van der Waals surface area contributed by atoms with Gasteiger partial charge in [0.05, 0.1) is 0 Å². The van der Waals surface area contributed by atoms with Crippen LogP contribution in [0, 0.1) is 5.41 Å². The predicted octanol–water partition coefficient (Wildman–Crippen LogP) is 1.98. The first-order valence-electron chi connectivity index (χ1n) is 3.35. The Bertz CT molecular complexity index is 105. The van der Waals surface area contributed by atoms with Gasteiger partial charge in [-0.3, -0.25) is 0 Å². The van der Waals surface area contributed by atoms with Crippen LogP contribution in [0.25, 0.3) is 0 Å². The van der Waals surface area contributed by atoms with Crippen molar-refractivity contribution in [2.45, 2.75) is 25.7 Å². The number of aldehydes is 1.